The fourth-order valence-electron chi connectivity index (χ4n) is 2.20. The molecule has 1 amide bonds. The zero-order chi connectivity index (χ0) is 18.6. The van der Waals surface area contributed by atoms with Gasteiger partial charge in [0.15, 0.2) is 5.69 Å². The van der Waals surface area contributed by atoms with E-state index in [2.05, 4.69) is 15.3 Å². The maximum Gasteiger partial charge on any atom is 0.285 e. The molecule has 0 spiro atoms. The summed E-state index contributed by atoms with van der Waals surface area (Å²) in [5, 5.41) is 7.52. The number of amides is 1. The third-order valence-electron chi connectivity index (χ3n) is 3.32. The van der Waals surface area contributed by atoms with Crippen molar-refractivity contribution in [3.05, 3.63) is 60.6 Å². The molecule has 134 valence electrons. The summed E-state index contributed by atoms with van der Waals surface area (Å²) in [6, 6.07) is 11.5. The van der Waals surface area contributed by atoms with Crippen LogP contribution in [0.2, 0.25) is 0 Å². The molecule has 0 aliphatic heterocycles. The Labute approximate surface area is 149 Å². The van der Waals surface area contributed by atoms with Crippen molar-refractivity contribution in [2.75, 3.05) is 6.61 Å². The number of para-hydroxylation sites is 1. The number of hydrogen-bond donors (Lipinski definition) is 1. The molecule has 1 N–H and O–H groups in total. The number of hydrogen-bond acceptors (Lipinski definition) is 7. The molecule has 0 radical (unpaired) electrons. The standard InChI is InChI=1S/C16H15N5O4S/c1-2-25-16-14(9-6-10-17-16)26(23,24)19-15(22)13-11-18-20-21(13)12-7-4-3-5-8-12/h3-11H,2H2,1H3,(H,19,22). The number of carbonyl (C=O) groups excluding carboxylic acids is 1. The zero-order valence-corrected chi connectivity index (χ0v) is 14.5. The summed E-state index contributed by atoms with van der Waals surface area (Å²) in [5.74, 6) is -0.949. The normalized spacial score (nSPS) is 11.1. The first-order valence-electron chi connectivity index (χ1n) is 7.64. The van der Waals surface area contributed by atoms with Crippen LogP contribution in [0.1, 0.15) is 17.4 Å². The summed E-state index contributed by atoms with van der Waals surface area (Å²) in [6.07, 6.45) is 2.59. The number of carbonyl (C=O) groups is 1. The summed E-state index contributed by atoms with van der Waals surface area (Å²) >= 11 is 0. The summed E-state index contributed by atoms with van der Waals surface area (Å²) < 4.78 is 33.6. The van der Waals surface area contributed by atoms with E-state index in [1.807, 2.05) is 10.8 Å². The summed E-state index contributed by atoms with van der Waals surface area (Å²) in [5.41, 5.74) is 0.547. The lowest BCUT2D eigenvalue weighted by Gasteiger charge is -2.11. The lowest BCUT2D eigenvalue weighted by molar-refractivity contribution is 0.0974. The van der Waals surface area contributed by atoms with Crippen molar-refractivity contribution in [3.63, 3.8) is 0 Å². The van der Waals surface area contributed by atoms with Gasteiger partial charge in [0.2, 0.25) is 5.88 Å². The number of nitrogens with one attached hydrogen (secondary N) is 1. The van der Waals surface area contributed by atoms with E-state index in [1.165, 1.54) is 29.2 Å². The van der Waals surface area contributed by atoms with Crippen molar-refractivity contribution in [1.82, 2.24) is 24.7 Å². The SMILES string of the molecule is CCOc1ncccc1S(=O)(=O)NC(=O)c1cnnn1-c1ccccc1. The number of benzene rings is 1. The van der Waals surface area contributed by atoms with E-state index in [1.54, 1.807) is 31.2 Å². The van der Waals surface area contributed by atoms with Gasteiger partial charge < -0.3 is 4.74 Å². The summed E-state index contributed by atoms with van der Waals surface area (Å²) in [7, 11) is -4.19. The molecule has 3 rings (SSSR count). The first-order chi connectivity index (χ1) is 12.5. The summed E-state index contributed by atoms with van der Waals surface area (Å²) in [6.45, 7) is 1.94. The number of nitrogens with zero attached hydrogens (tertiary/aromatic N) is 4. The van der Waals surface area contributed by atoms with Crippen LogP contribution < -0.4 is 9.46 Å². The Bertz CT molecular complexity index is 1020. The highest BCUT2D eigenvalue weighted by Crippen LogP contribution is 2.20. The Balaban J connectivity index is 1.91. The molecular weight excluding hydrogens is 358 g/mol. The van der Waals surface area contributed by atoms with Gasteiger partial charge in [-0.15, -0.1) is 5.10 Å². The Hall–Kier alpha value is -3.27. The van der Waals surface area contributed by atoms with E-state index in [0.29, 0.717) is 5.69 Å². The van der Waals surface area contributed by atoms with Crippen molar-refractivity contribution in [2.45, 2.75) is 11.8 Å². The molecule has 26 heavy (non-hydrogen) atoms. The van der Waals surface area contributed by atoms with Crippen LogP contribution in [0.5, 0.6) is 5.88 Å². The highest BCUT2D eigenvalue weighted by Gasteiger charge is 2.25. The van der Waals surface area contributed by atoms with Crippen molar-refractivity contribution >= 4 is 15.9 Å². The molecule has 1 aromatic carbocycles. The molecule has 0 aliphatic rings. The molecule has 0 bridgehead atoms. The fraction of sp³-hybridized carbons (Fsp3) is 0.125. The lowest BCUT2D eigenvalue weighted by Crippen LogP contribution is -2.32. The van der Waals surface area contributed by atoms with Gasteiger partial charge in [0, 0.05) is 6.20 Å². The van der Waals surface area contributed by atoms with Gasteiger partial charge in [0.1, 0.15) is 4.90 Å². The van der Waals surface area contributed by atoms with Crippen LogP contribution in [0, 0.1) is 0 Å². The first-order valence-corrected chi connectivity index (χ1v) is 9.12. The van der Waals surface area contributed by atoms with Crippen LogP contribution in [-0.4, -0.2) is 40.9 Å². The minimum absolute atomic E-state index is 0.0263. The molecule has 0 saturated carbocycles. The van der Waals surface area contributed by atoms with E-state index in [9.17, 15) is 13.2 Å². The Morgan fingerprint density at radius 3 is 2.69 bits per heavy atom. The van der Waals surface area contributed by atoms with E-state index in [-0.39, 0.29) is 23.1 Å². The molecule has 9 nitrogen and oxygen atoms in total. The quantitative estimate of drug-likeness (QED) is 0.689. The van der Waals surface area contributed by atoms with Gasteiger partial charge in [-0.1, -0.05) is 23.4 Å². The van der Waals surface area contributed by atoms with Gasteiger partial charge in [-0.3, -0.25) is 4.79 Å². The highest BCUT2D eigenvalue weighted by molar-refractivity contribution is 7.90. The predicted molar refractivity (Wildman–Crippen MR) is 91.4 cm³/mol. The third-order valence-corrected chi connectivity index (χ3v) is 4.66. The van der Waals surface area contributed by atoms with Gasteiger partial charge in [0.05, 0.1) is 18.5 Å². The third kappa shape index (κ3) is 3.54. The average molecular weight is 373 g/mol. The second kappa shape index (κ2) is 7.31. The topological polar surface area (TPSA) is 116 Å². The monoisotopic (exact) mass is 373 g/mol. The molecular formula is C16H15N5O4S. The van der Waals surface area contributed by atoms with Crippen molar-refractivity contribution < 1.29 is 17.9 Å². The molecule has 0 fully saturated rings. The smallest absolute Gasteiger partial charge is 0.285 e. The molecule has 0 unspecified atom stereocenters. The van der Waals surface area contributed by atoms with E-state index in [4.69, 9.17) is 4.74 Å². The minimum Gasteiger partial charge on any atom is -0.477 e. The fourth-order valence-corrected chi connectivity index (χ4v) is 3.26. The van der Waals surface area contributed by atoms with Crippen LogP contribution in [0.15, 0.2) is 59.8 Å². The average Bonchev–Trinajstić information content (AvgIpc) is 3.13. The van der Waals surface area contributed by atoms with Crippen LogP contribution in [0.4, 0.5) is 0 Å². The molecule has 0 aliphatic carbocycles. The van der Waals surface area contributed by atoms with Crippen molar-refractivity contribution in [3.8, 4) is 11.6 Å². The number of sulfonamides is 1. The van der Waals surface area contributed by atoms with Gasteiger partial charge in [-0.05, 0) is 31.2 Å². The van der Waals surface area contributed by atoms with Crippen LogP contribution in [-0.2, 0) is 10.0 Å². The molecule has 10 heteroatoms. The Morgan fingerprint density at radius 1 is 1.19 bits per heavy atom. The number of aromatic nitrogens is 4. The van der Waals surface area contributed by atoms with Crippen LogP contribution in [0.3, 0.4) is 0 Å². The second-order valence-electron chi connectivity index (χ2n) is 5.04. The van der Waals surface area contributed by atoms with Gasteiger partial charge in [-0.25, -0.2) is 22.8 Å². The molecule has 0 saturated heterocycles. The molecule has 2 aromatic heterocycles. The minimum atomic E-state index is -4.19. The molecule has 0 atom stereocenters. The van der Waals surface area contributed by atoms with E-state index >= 15 is 0 Å². The Morgan fingerprint density at radius 2 is 1.96 bits per heavy atom. The highest BCUT2D eigenvalue weighted by atomic mass is 32.2. The summed E-state index contributed by atoms with van der Waals surface area (Å²) in [4.78, 5) is 16.2. The van der Waals surface area contributed by atoms with Gasteiger partial charge >= 0.3 is 0 Å². The van der Waals surface area contributed by atoms with Gasteiger partial charge in [0.25, 0.3) is 15.9 Å². The lowest BCUT2D eigenvalue weighted by atomic mass is 10.3. The second-order valence-corrected chi connectivity index (χ2v) is 6.69. The van der Waals surface area contributed by atoms with Crippen LogP contribution >= 0.6 is 0 Å². The Kier molecular flexibility index (Phi) is 4.94. The largest absolute Gasteiger partial charge is 0.477 e. The predicted octanol–water partition coefficient (Wildman–Crippen LogP) is 1.18. The maximum absolute atomic E-state index is 12.6. The molecule has 2 heterocycles. The molecule has 3 aromatic rings. The first kappa shape index (κ1) is 17.5. The van der Waals surface area contributed by atoms with E-state index in [0.717, 1.165) is 0 Å². The zero-order valence-electron chi connectivity index (χ0n) is 13.7. The number of rotatable bonds is 6. The van der Waals surface area contributed by atoms with Crippen molar-refractivity contribution in [1.29, 1.82) is 0 Å². The van der Waals surface area contributed by atoms with Crippen molar-refractivity contribution in [2.24, 2.45) is 0 Å². The van der Waals surface area contributed by atoms with E-state index < -0.39 is 15.9 Å². The number of pyridine rings is 1. The van der Waals surface area contributed by atoms with Crippen LogP contribution in [0.25, 0.3) is 5.69 Å². The number of ether oxygens (including phenoxy) is 1. The van der Waals surface area contributed by atoms with Gasteiger partial charge in [-0.2, -0.15) is 0 Å². The maximum atomic E-state index is 12.6.